The summed E-state index contributed by atoms with van der Waals surface area (Å²) in [4.78, 5) is 29.5. The van der Waals surface area contributed by atoms with Gasteiger partial charge < -0.3 is 4.98 Å². The maximum absolute atomic E-state index is 13.5. The van der Waals surface area contributed by atoms with E-state index in [2.05, 4.69) is 15.2 Å². The number of hydrogen-bond donors (Lipinski definition) is 1. The molecule has 3 aromatic heterocycles. The summed E-state index contributed by atoms with van der Waals surface area (Å²) in [5.41, 5.74) is 5.93. The minimum Gasteiger partial charge on any atom is -0.362 e. The average Bonchev–Trinajstić information content (AvgIpc) is 3.37. The molecule has 2 aromatic carbocycles. The normalized spacial score (nSPS) is 11.5. The van der Waals surface area contributed by atoms with Crippen LogP contribution < -0.4 is 5.56 Å². The van der Waals surface area contributed by atoms with Crippen LogP contribution in [0.3, 0.4) is 0 Å². The van der Waals surface area contributed by atoms with Crippen molar-refractivity contribution in [1.29, 1.82) is 0 Å². The van der Waals surface area contributed by atoms with Crippen LogP contribution in [0, 0.1) is 27.7 Å². The van der Waals surface area contributed by atoms with E-state index in [0.717, 1.165) is 28.2 Å². The van der Waals surface area contributed by atoms with Gasteiger partial charge in [-0.05, 0) is 63.1 Å². The lowest BCUT2D eigenvalue weighted by Crippen LogP contribution is -2.22. The van der Waals surface area contributed by atoms with Crippen molar-refractivity contribution in [2.24, 2.45) is 0 Å². The Labute approximate surface area is 194 Å². The van der Waals surface area contributed by atoms with Gasteiger partial charge in [-0.3, -0.25) is 14.0 Å². The van der Waals surface area contributed by atoms with Crippen molar-refractivity contribution in [3.8, 4) is 5.69 Å². The Hall–Kier alpha value is -3.65. The van der Waals surface area contributed by atoms with Gasteiger partial charge in [0.25, 0.3) is 5.56 Å². The van der Waals surface area contributed by atoms with Crippen LogP contribution in [-0.2, 0) is 0 Å². The van der Waals surface area contributed by atoms with Gasteiger partial charge in [0.1, 0.15) is 0 Å². The first kappa shape index (κ1) is 21.2. The minimum absolute atomic E-state index is 0.0192. The van der Waals surface area contributed by atoms with E-state index < -0.39 is 0 Å². The lowest BCUT2D eigenvalue weighted by molar-refractivity contribution is 0.102. The number of aryl methyl sites for hydroxylation is 3. The second kappa shape index (κ2) is 8.04. The number of H-pyrrole nitrogens is 1. The van der Waals surface area contributed by atoms with Gasteiger partial charge in [-0.25, -0.2) is 4.57 Å². The Balaban J connectivity index is 1.67. The zero-order chi connectivity index (χ0) is 23.3. The van der Waals surface area contributed by atoms with E-state index in [0.29, 0.717) is 27.4 Å². The van der Waals surface area contributed by atoms with E-state index in [1.54, 1.807) is 4.57 Å². The number of ketones is 1. The summed E-state index contributed by atoms with van der Waals surface area (Å²) in [5, 5.41) is 9.89. The van der Waals surface area contributed by atoms with Crippen molar-refractivity contribution in [2.75, 3.05) is 5.75 Å². The quantitative estimate of drug-likeness (QED) is 0.309. The molecule has 0 spiro atoms. The number of thioether (sulfide) groups is 1. The fourth-order valence-corrected chi connectivity index (χ4v) is 5.01. The van der Waals surface area contributed by atoms with Crippen molar-refractivity contribution < 1.29 is 4.79 Å². The highest BCUT2D eigenvalue weighted by Gasteiger charge is 2.20. The van der Waals surface area contributed by atoms with Gasteiger partial charge in [0.2, 0.25) is 5.78 Å². The molecular formula is C25H23N5O2S. The standard InChI is InChI=1S/C25H23N5O2S/c1-14-8-7-11-20(16(14)3)29-23(32)18-9-5-6-10-21(18)30-24(29)27-28-25(30)33-13-22(31)19-12-15(2)26-17(19)4/h5-12,26H,13H2,1-4H3. The monoisotopic (exact) mass is 457 g/mol. The highest BCUT2D eigenvalue weighted by Crippen LogP contribution is 2.26. The number of rotatable bonds is 5. The van der Waals surface area contributed by atoms with Gasteiger partial charge in [0.05, 0.1) is 22.3 Å². The predicted molar refractivity (Wildman–Crippen MR) is 131 cm³/mol. The second-order valence-electron chi connectivity index (χ2n) is 8.20. The third-order valence-corrected chi connectivity index (χ3v) is 6.92. The van der Waals surface area contributed by atoms with Crippen LogP contribution in [0.5, 0.6) is 0 Å². The number of aromatic amines is 1. The Morgan fingerprint density at radius 2 is 1.82 bits per heavy atom. The number of nitrogens with zero attached hydrogens (tertiary/aromatic N) is 4. The SMILES string of the molecule is Cc1cc(C(=O)CSc2nnc3n(-c4cccc(C)c4C)c(=O)c4ccccc4n23)c(C)[nH]1. The molecule has 0 fully saturated rings. The van der Waals surface area contributed by atoms with Crippen LogP contribution in [-0.4, -0.2) is 35.7 Å². The molecule has 5 rings (SSSR count). The molecule has 0 bridgehead atoms. The molecule has 0 aliphatic carbocycles. The summed E-state index contributed by atoms with van der Waals surface area (Å²) in [7, 11) is 0. The van der Waals surface area contributed by atoms with Gasteiger partial charge in [-0.15, -0.1) is 10.2 Å². The fourth-order valence-electron chi connectivity index (χ4n) is 4.19. The molecule has 8 heteroatoms. The molecule has 0 aliphatic heterocycles. The molecule has 1 N–H and O–H groups in total. The van der Waals surface area contributed by atoms with Crippen molar-refractivity contribution >= 4 is 34.2 Å². The van der Waals surface area contributed by atoms with Crippen molar-refractivity contribution in [3.63, 3.8) is 0 Å². The van der Waals surface area contributed by atoms with E-state index in [1.807, 2.05) is 80.6 Å². The van der Waals surface area contributed by atoms with E-state index in [-0.39, 0.29) is 17.1 Å². The maximum atomic E-state index is 13.5. The molecule has 3 heterocycles. The number of benzene rings is 2. The van der Waals surface area contributed by atoms with Crippen molar-refractivity contribution in [1.82, 2.24) is 24.1 Å². The molecule has 0 amide bonds. The van der Waals surface area contributed by atoms with E-state index in [1.165, 1.54) is 11.8 Å². The summed E-state index contributed by atoms with van der Waals surface area (Å²) < 4.78 is 3.48. The number of Topliss-reactive ketones (excluding diaryl/α,β-unsaturated/α-hetero) is 1. The maximum Gasteiger partial charge on any atom is 0.267 e. The molecule has 7 nitrogen and oxygen atoms in total. The average molecular weight is 458 g/mol. The Morgan fingerprint density at radius 3 is 2.58 bits per heavy atom. The third-order valence-electron chi connectivity index (χ3n) is 5.99. The lowest BCUT2D eigenvalue weighted by Gasteiger charge is -2.14. The zero-order valence-corrected chi connectivity index (χ0v) is 19.7. The van der Waals surface area contributed by atoms with Crippen LogP contribution in [0.25, 0.3) is 22.4 Å². The van der Waals surface area contributed by atoms with Crippen molar-refractivity contribution in [2.45, 2.75) is 32.9 Å². The minimum atomic E-state index is -0.148. The number of para-hydroxylation sites is 1. The Morgan fingerprint density at radius 1 is 1.03 bits per heavy atom. The second-order valence-corrected chi connectivity index (χ2v) is 9.14. The van der Waals surface area contributed by atoms with Crippen LogP contribution in [0.4, 0.5) is 0 Å². The molecule has 0 saturated heterocycles. The predicted octanol–water partition coefficient (Wildman–Crippen LogP) is 4.57. The number of nitrogens with one attached hydrogen (secondary N) is 1. The fraction of sp³-hybridized carbons (Fsp3) is 0.200. The summed E-state index contributed by atoms with van der Waals surface area (Å²) in [5.74, 6) is 0.664. The largest absolute Gasteiger partial charge is 0.362 e. The molecule has 0 unspecified atom stereocenters. The highest BCUT2D eigenvalue weighted by molar-refractivity contribution is 7.99. The molecule has 33 heavy (non-hydrogen) atoms. The summed E-state index contributed by atoms with van der Waals surface area (Å²) in [6.07, 6.45) is 0. The van der Waals surface area contributed by atoms with Crippen LogP contribution >= 0.6 is 11.8 Å². The molecule has 166 valence electrons. The number of carbonyl (C=O) groups is 1. The molecule has 5 aromatic rings. The highest BCUT2D eigenvalue weighted by atomic mass is 32.2. The summed E-state index contributed by atoms with van der Waals surface area (Å²) in [6.45, 7) is 7.84. The zero-order valence-electron chi connectivity index (χ0n) is 18.8. The van der Waals surface area contributed by atoms with E-state index >= 15 is 0 Å². The van der Waals surface area contributed by atoms with Gasteiger partial charge in [-0.2, -0.15) is 0 Å². The van der Waals surface area contributed by atoms with Crippen LogP contribution in [0.15, 0.2) is 58.5 Å². The lowest BCUT2D eigenvalue weighted by atomic mass is 10.1. The van der Waals surface area contributed by atoms with Gasteiger partial charge in [0, 0.05) is 17.0 Å². The third kappa shape index (κ3) is 3.47. The number of hydrogen-bond acceptors (Lipinski definition) is 5. The molecule has 0 aliphatic rings. The molecule has 0 saturated carbocycles. The first-order valence-electron chi connectivity index (χ1n) is 10.6. The van der Waals surface area contributed by atoms with E-state index in [4.69, 9.17) is 0 Å². The topological polar surface area (TPSA) is 85.0 Å². The Bertz CT molecular complexity index is 1610. The van der Waals surface area contributed by atoms with Gasteiger partial charge >= 0.3 is 0 Å². The Kier molecular flexibility index (Phi) is 5.17. The van der Waals surface area contributed by atoms with Crippen LogP contribution in [0.2, 0.25) is 0 Å². The van der Waals surface area contributed by atoms with Crippen molar-refractivity contribution in [3.05, 3.63) is 87.0 Å². The summed E-state index contributed by atoms with van der Waals surface area (Å²) >= 11 is 1.32. The molecule has 0 atom stereocenters. The van der Waals surface area contributed by atoms with E-state index in [9.17, 15) is 9.59 Å². The smallest absolute Gasteiger partial charge is 0.267 e. The number of fused-ring (bicyclic) bond motifs is 3. The summed E-state index contributed by atoms with van der Waals surface area (Å²) in [6, 6.07) is 15.2. The van der Waals surface area contributed by atoms with Gasteiger partial charge in [0.15, 0.2) is 10.9 Å². The number of carbonyl (C=O) groups excluding carboxylic acids is 1. The molecular weight excluding hydrogens is 434 g/mol. The number of aromatic nitrogens is 5. The van der Waals surface area contributed by atoms with Gasteiger partial charge in [-0.1, -0.05) is 36.0 Å². The first-order valence-corrected chi connectivity index (χ1v) is 11.6. The molecule has 0 radical (unpaired) electrons. The first-order chi connectivity index (χ1) is 15.9. The van der Waals surface area contributed by atoms with Crippen LogP contribution in [0.1, 0.15) is 32.9 Å².